The molecule has 0 spiro atoms. The Morgan fingerprint density at radius 1 is 0.926 bits per heavy atom. The van der Waals surface area contributed by atoms with Crippen molar-refractivity contribution in [1.82, 2.24) is 0 Å². The van der Waals surface area contributed by atoms with E-state index in [1.165, 1.54) is 6.07 Å². The van der Waals surface area contributed by atoms with Gasteiger partial charge in [0.2, 0.25) is 0 Å². The zero-order chi connectivity index (χ0) is 20.6. The van der Waals surface area contributed by atoms with Crippen molar-refractivity contribution < 1.29 is 24.5 Å². The first kappa shape index (κ1) is 20.5. The van der Waals surface area contributed by atoms with Crippen LogP contribution in [-0.4, -0.2) is 22.2 Å². The molecule has 0 fully saturated rings. The number of esters is 1. The molecule has 5 heteroatoms. The SMILES string of the molecule is CC(C)(C)c1cc(C(=O)O)c(OC(=O)c2ccccc2)c(C(C)(C)C)c1O. The lowest BCUT2D eigenvalue weighted by Crippen LogP contribution is -2.22. The highest BCUT2D eigenvalue weighted by molar-refractivity contribution is 5.97. The number of ether oxygens (including phenoxy) is 1. The van der Waals surface area contributed by atoms with E-state index in [9.17, 15) is 19.8 Å². The molecule has 2 rings (SSSR count). The predicted octanol–water partition coefficient (Wildman–Crippen LogP) is 4.90. The van der Waals surface area contributed by atoms with E-state index in [0.717, 1.165) is 0 Å². The van der Waals surface area contributed by atoms with Gasteiger partial charge in [0, 0.05) is 11.1 Å². The van der Waals surface area contributed by atoms with Gasteiger partial charge in [0.05, 0.1) is 5.56 Å². The standard InChI is InChI=1S/C22H26O5/c1-21(2,3)15-12-14(19(24)25)18(16(17(15)23)22(4,5)6)27-20(26)13-10-8-7-9-11-13/h7-12,23H,1-6H3,(H,24,25). The maximum Gasteiger partial charge on any atom is 0.343 e. The monoisotopic (exact) mass is 370 g/mol. The highest BCUT2D eigenvalue weighted by Crippen LogP contribution is 2.46. The lowest BCUT2D eigenvalue weighted by atomic mass is 9.77. The summed E-state index contributed by atoms with van der Waals surface area (Å²) in [5.74, 6) is -2.06. The molecule has 0 amide bonds. The molecule has 0 aromatic heterocycles. The number of carbonyl (C=O) groups excluding carboxylic acids is 1. The Morgan fingerprint density at radius 2 is 1.48 bits per heavy atom. The van der Waals surface area contributed by atoms with Gasteiger partial charge in [0.15, 0.2) is 5.75 Å². The fourth-order valence-corrected chi connectivity index (χ4v) is 2.91. The first-order valence-electron chi connectivity index (χ1n) is 8.75. The van der Waals surface area contributed by atoms with E-state index in [4.69, 9.17) is 4.74 Å². The van der Waals surface area contributed by atoms with Gasteiger partial charge < -0.3 is 14.9 Å². The predicted molar refractivity (Wildman–Crippen MR) is 104 cm³/mol. The Hall–Kier alpha value is -2.82. The lowest BCUT2D eigenvalue weighted by Gasteiger charge is -2.30. The quantitative estimate of drug-likeness (QED) is 0.593. The molecule has 0 atom stereocenters. The normalized spacial score (nSPS) is 11.9. The molecule has 27 heavy (non-hydrogen) atoms. The number of hydrogen-bond acceptors (Lipinski definition) is 4. The van der Waals surface area contributed by atoms with Gasteiger partial charge in [0.1, 0.15) is 11.3 Å². The smallest absolute Gasteiger partial charge is 0.343 e. The fourth-order valence-electron chi connectivity index (χ4n) is 2.91. The van der Waals surface area contributed by atoms with E-state index in [1.54, 1.807) is 30.3 Å². The maximum absolute atomic E-state index is 12.6. The molecular formula is C22H26O5. The minimum absolute atomic E-state index is 0.0455. The van der Waals surface area contributed by atoms with Crippen LogP contribution in [0.15, 0.2) is 36.4 Å². The molecule has 0 aliphatic rings. The van der Waals surface area contributed by atoms with Gasteiger partial charge in [-0.25, -0.2) is 9.59 Å². The van der Waals surface area contributed by atoms with Crippen LogP contribution in [0.25, 0.3) is 0 Å². The lowest BCUT2D eigenvalue weighted by molar-refractivity contribution is 0.0679. The number of benzene rings is 2. The second-order valence-corrected chi connectivity index (χ2v) is 8.59. The number of carbonyl (C=O) groups is 2. The molecule has 2 N–H and O–H groups in total. The largest absolute Gasteiger partial charge is 0.507 e. The van der Waals surface area contributed by atoms with Gasteiger partial charge >= 0.3 is 11.9 Å². The van der Waals surface area contributed by atoms with Crippen LogP contribution in [0.4, 0.5) is 0 Å². The number of phenols is 1. The third kappa shape index (κ3) is 4.30. The number of carboxylic acid groups (broad SMARTS) is 1. The number of aromatic hydroxyl groups is 1. The average Bonchev–Trinajstić information content (AvgIpc) is 2.52. The molecule has 0 heterocycles. The van der Waals surface area contributed by atoms with Crippen molar-refractivity contribution in [3.63, 3.8) is 0 Å². The molecule has 0 aliphatic heterocycles. The van der Waals surface area contributed by atoms with E-state index >= 15 is 0 Å². The van der Waals surface area contributed by atoms with Crippen molar-refractivity contribution in [3.8, 4) is 11.5 Å². The Balaban J connectivity index is 2.76. The summed E-state index contributed by atoms with van der Waals surface area (Å²) in [6, 6.07) is 9.72. The Morgan fingerprint density at radius 3 is 1.93 bits per heavy atom. The summed E-state index contributed by atoms with van der Waals surface area (Å²) in [6.07, 6.45) is 0. The van der Waals surface area contributed by atoms with Crippen molar-refractivity contribution >= 4 is 11.9 Å². The minimum atomic E-state index is -1.22. The van der Waals surface area contributed by atoms with Crippen LogP contribution in [0, 0.1) is 0 Å². The molecule has 0 saturated heterocycles. The summed E-state index contributed by atoms with van der Waals surface area (Å²) >= 11 is 0. The van der Waals surface area contributed by atoms with Crippen molar-refractivity contribution in [1.29, 1.82) is 0 Å². The molecule has 0 unspecified atom stereocenters. The Kier molecular flexibility index (Phi) is 5.36. The fraction of sp³-hybridized carbons (Fsp3) is 0.364. The van der Waals surface area contributed by atoms with E-state index in [0.29, 0.717) is 16.7 Å². The zero-order valence-corrected chi connectivity index (χ0v) is 16.6. The van der Waals surface area contributed by atoms with Gasteiger partial charge in [0.25, 0.3) is 0 Å². The molecule has 0 radical (unpaired) electrons. The third-order valence-corrected chi connectivity index (χ3v) is 4.24. The van der Waals surface area contributed by atoms with E-state index in [1.807, 2.05) is 41.5 Å². The van der Waals surface area contributed by atoms with Crippen LogP contribution < -0.4 is 4.74 Å². The van der Waals surface area contributed by atoms with Crippen LogP contribution in [-0.2, 0) is 10.8 Å². The third-order valence-electron chi connectivity index (χ3n) is 4.24. The van der Waals surface area contributed by atoms with E-state index in [-0.39, 0.29) is 17.1 Å². The number of carboxylic acids is 1. The molecular weight excluding hydrogens is 344 g/mol. The average molecular weight is 370 g/mol. The van der Waals surface area contributed by atoms with Gasteiger partial charge in [-0.3, -0.25) is 0 Å². The van der Waals surface area contributed by atoms with Gasteiger partial charge in [-0.2, -0.15) is 0 Å². The van der Waals surface area contributed by atoms with Gasteiger partial charge in [-0.05, 0) is 29.0 Å². The second-order valence-electron chi connectivity index (χ2n) is 8.59. The van der Waals surface area contributed by atoms with Crippen LogP contribution in [0.5, 0.6) is 11.5 Å². The van der Waals surface area contributed by atoms with E-state index < -0.39 is 22.8 Å². The molecule has 2 aromatic rings. The Labute approximate surface area is 159 Å². The van der Waals surface area contributed by atoms with Crippen molar-refractivity contribution in [2.75, 3.05) is 0 Å². The summed E-state index contributed by atoms with van der Waals surface area (Å²) in [6.45, 7) is 11.2. The van der Waals surface area contributed by atoms with Crippen LogP contribution in [0.2, 0.25) is 0 Å². The first-order chi connectivity index (χ1) is 12.3. The van der Waals surface area contributed by atoms with Crippen molar-refractivity contribution in [2.24, 2.45) is 0 Å². The van der Waals surface area contributed by atoms with Crippen LogP contribution >= 0.6 is 0 Å². The van der Waals surface area contributed by atoms with Gasteiger partial charge in [-0.1, -0.05) is 59.7 Å². The minimum Gasteiger partial charge on any atom is -0.507 e. The summed E-state index contributed by atoms with van der Waals surface area (Å²) in [7, 11) is 0. The summed E-state index contributed by atoms with van der Waals surface area (Å²) in [5.41, 5.74) is -0.195. The second kappa shape index (κ2) is 7.06. The zero-order valence-electron chi connectivity index (χ0n) is 16.6. The van der Waals surface area contributed by atoms with Gasteiger partial charge in [-0.15, -0.1) is 0 Å². The molecule has 144 valence electrons. The molecule has 0 bridgehead atoms. The van der Waals surface area contributed by atoms with Crippen LogP contribution in [0.1, 0.15) is 73.4 Å². The topological polar surface area (TPSA) is 83.8 Å². The number of phenolic OH excluding ortho intramolecular Hbond substituents is 1. The van der Waals surface area contributed by atoms with Crippen molar-refractivity contribution in [3.05, 3.63) is 58.7 Å². The summed E-state index contributed by atoms with van der Waals surface area (Å²) < 4.78 is 5.52. The highest BCUT2D eigenvalue weighted by Gasteiger charge is 2.34. The summed E-state index contributed by atoms with van der Waals surface area (Å²) in [5, 5.41) is 20.7. The summed E-state index contributed by atoms with van der Waals surface area (Å²) in [4.78, 5) is 24.5. The van der Waals surface area contributed by atoms with Crippen LogP contribution in [0.3, 0.4) is 0 Å². The Bertz CT molecular complexity index is 868. The molecule has 0 aliphatic carbocycles. The number of aromatic carboxylic acids is 1. The molecule has 0 saturated carbocycles. The molecule has 2 aromatic carbocycles. The number of hydrogen-bond donors (Lipinski definition) is 2. The highest BCUT2D eigenvalue weighted by atomic mass is 16.5. The number of rotatable bonds is 3. The van der Waals surface area contributed by atoms with E-state index in [2.05, 4.69) is 0 Å². The van der Waals surface area contributed by atoms with Crippen molar-refractivity contribution in [2.45, 2.75) is 52.4 Å². The first-order valence-corrected chi connectivity index (χ1v) is 8.75. The molecule has 5 nitrogen and oxygen atoms in total. The maximum atomic E-state index is 12.6.